The summed E-state index contributed by atoms with van der Waals surface area (Å²) in [5.41, 5.74) is -0.281. The van der Waals surface area contributed by atoms with Gasteiger partial charge in [-0.2, -0.15) is 0 Å². The number of urea groups is 1. The van der Waals surface area contributed by atoms with Gasteiger partial charge in [0.25, 0.3) is 5.91 Å². The molecule has 0 aliphatic carbocycles. The molecule has 1 fully saturated rings. The van der Waals surface area contributed by atoms with E-state index >= 15 is 0 Å². The highest BCUT2D eigenvalue weighted by Crippen LogP contribution is 2.33. The smallest absolute Gasteiger partial charge is 0.328 e. The molecule has 0 saturated carbocycles. The van der Waals surface area contributed by atoms with Gasteiger partial charge in [0, 0.05) is 25.9 Å². The molecule has 0 aromatic heterocycles. The number of ether oxygens (including phenoxy) is 2. The van der Waals surface area contributed by atoms with Crippen molar-refractivity contribution >= 4 is 17.9 Å². The summed E-state index contributed by atoms with van der Waals surface area (Å²) in [7, 11) is 1.27. The number of carbonyl (C=O) groups excluding carboxylic acids is 3. The lowest BCUT2D eigenvalue weighted by atomic mass is 9.97. The average molecular weight is 347 g/mol. The number of amides is 3. The van der Waals surface area contributed by atoms with Crippen LogP contribution in [0, 0.1) is 0 Å². The molecule has 2 aliphatic rings. The summed E-state index contributed by atoms with van der Waals surface area (Å²) in [6.45, 7) is 2.38. The SMILES string of the molecule is COC(=O)C(C)NC(=O)N1CCC2(CC1)NC(=O)c1ccccc1O2. The van der Waals surface area contributed by atoms with E-state index in [1.807, 2.05) is 6.07 Å². The highest BCUT2D eigenvalue weighted by atomic mass is 16.5. The van der Waals surface area contributed by atoms with Gasteiger partial charge >= 0.3 is 12.0 Å². The lowest BCUT2D eigenvalue weighted by molar-refractivity contribution is -0.142. The van der Waals surface area contributed by atoms with E-state index in [1.54, 1.807) is 30.0 Å². The second-order valence-electron chi connectivity index (χ2n) is 6.23. The van der Waals surface area contributed by atoms with Gasteiger partial charge in [0.1, 0.15) is 11.8 Å². The number of methoxy groups -OCH3 is 1. The van der Waals surface area contributed by atoms with Crippen molar-refractivity contribution in [3.63, 3.8) is 0 Å². The van der Waals surface area contributed by atoms with Crippen LogP contribution in [-0.4, -0.2) is 54.8 Å². The number of fused-ring (bicyclic) bond motifs is 1. The summed E-state index contributed by atoms with van der Waals surface area (Å²) in [6.07, 6.45) is 0.931. The van der Waals surface area contributed by atoms with Crippen molar-refractivity contribution in [1.82, 2.24) is 15.5 Å². The molecule has 0 radical (unpaired) electrons. The number of rotatable bonds is 2. The Morgan fingerprint density at radius 3 is 2.68 bits per heavy atom. The summed E-state index contributed by atoms with van der Waals surface area (Å²) in [4.78, 5) is 37.5. The highest BCUT2D eigenvalue weighted by molar-refractivity contribution is 5.98. The number of likely N-dealkylation sites (tertiary alicyclic amines) is 1. The fourth-order valence-corrected chi connectivity index (χ4v) is 3.06. The normalized spacial score (nSPS) is 19.3. The van der Waals surface area contributed by atoms with Crippen LogP contribution in [0.5, 0.6) is 5.75 Å². The molecule has 1 aromatic rings. The van der Waals surface area contributed by atoms with Gasteiger partial charge in [-0.1, -0.05) is 12.1 Å². The van der Waals surface area contributed by atoms with Crippen LogP contribution in [0.2, 0.25) is 0 Å². The van der Waals surface area contributed by atoms with Gasteiger partial charge in [0.05, 0.1) is 12.7 Å². The zero-order valence-electron chi connectivity index (χ0n) is 14.2. The number of hydrogen-bond donors (Lipinski definition) is 2. The summed E-state index contributed by atoms with van der Waals surface area (Å²) in [6, 6.07) is 6.04. The first kappa shape index (κ1) is 17.1. The molecule has 25 heavy (non-hydrogen) atoms. The fraction of sp³-hybridized carbons (Fsp3) is 0.471. The topological polar surface area (TPSA) is 97.0 Å². The maximum absolute atomic E-state index is 12.3. The Hall–Kier alpha value is -2.77. The molecule has 2 heterocycles. The van der Waals surface area contributed by atoms with Gasteiger partial charge in [-0.25, -0.2) is 9.59 Å². The molecule has 8 heteroatoms. The minimum Gasteiger partial charge on any atom is -0.467 e. The van der Waals surface area contributed by atoms with Gasteiger partial charge in [0.15, 0.2) is 5.72 Å². The number of nitrogens with one attached hydrogen (secondary N) is 2. The number of benzene rings is 1. The first-order valence-electron chi connectivity index (χ1n) is 8.18. The first-order chi connectivity index (χ1) is 11.9. The number of hydrogen-bond acceptors (Lipinski definition) is 5. The molecular formula is C17H21N3O5. The molecule has 3 rings (SSSR count). The van der Waals surface area contributed by atoms with E-state index in [4.69, 9.17) is 4.74 Å². The van der Waals surface area contributed by atoms with Crippen molar-refractivity contribution in [3.05, 3.63) is 29.8 Å². The summed E-state index contributed by atoms with van der Waals surface area (Å²) < 4.78 is 10.6. The van der Waals surface area contributed by atoms with Crippen molar-refractivity contribution < 1.29 is 23.9 Å². The minimum absolute atomic E-state index is 0.168. The third-order valence-electron chi connectivity index (χ3n) is 4.53. The minimum atomic E-state index is -0.795. The molecule has 0 bridgehead atoms. The molecule has 134 valence electrons. The third-order valence-corrected chi connectivity index (χ3v) is 4.53. The molecular weight excluding hydrogens is 326 g/mol. The van der Waals surface area contributed by atoms with E-state index in [1.165, 1.54) is 7.11 Å². The molecule has 1 spiro atoms. The van der Waals surface area contributed by atoms with E-state index in [2.05, 4.69) is 15.4 Å². The largest absolute Gasteiger partial charge is 0.467 e. The summed E-state index contributed by atoms with van der Waals surface area (Å²) >= 11 is 0. The van der Waals surface area contributed by atoms with Crippen LogP contribution < -0.4 is 15.4 Å². The average Bonchev–Trinajstić information content (AvgIpc) is 2.61. The van der Waals surface area contributed by atoms with Gasteiger partial charge in [-0.05, 0) is 19.1 Å². The lowest BCUT2D eigenvalue weighted by Gasteiger charge is -2.44. The van der Waals surface area contributed by atoms with Crippen molar-refractivity contribution in [2.45, 2.75) is 31.5 Å². The summed E-state index contributed by atoms with van der Waals surface area (Å²) in [5.74, 6) is -0.108. The van der Waals surface area contributed by atoms with Crippen LogP contribution in [-0.2, 0) is 9.53 Å². The second-order valence-corrected chi connectivity index (χ2v) is 6.23. The summed E-state index contributed by atoms with van der Waals surface area (Å²) in [5, 5.41) is 5.52. The Kier molecular flexibility index (Phi) is 4.52. The molecule has 1 aromatic carbocycles. The quantitative estimate of drug-likeness (QED) is 0.774. The Balaban J connectivity index is 1.62. The maximum Gasteiger partial charge on any atom is 0.328 e. The van der Waals surface area contributed by atoms with Crippen LogP contribution in [0.3, 0.4) is 0 Å². The van der Waals surface area contributed by atoms with E-state index in [-0.39, 0.29) is 11.9 Å². The number of esters is 1. The highest BCUT2D eigenvalue weighted by Gasteiger charge is 2.43. The Labute approximate surface area is 145 Å². The van der Waals surface area contributed by atoms with Crippen LogP contribution in [0.1, 0.15) is 30.1 Å². The van der Waals surface area contributed by atoms with Gasteiger partial charge in [-0.3, -0.25) is 4.79 Å². The molecule has 1 atom stereocenters. The van der Waals surface area contributed by atoms with Gasteiger partial charge in [-0.15, -0.1) is 0 Å². The fourth-order valence-electron chi connectivity index (χ4n) is 3.06. The first-order valence-corrected chi connectivity index (χ1v) is 8.18. The number of piperidine rings is 1. The predicted octanol–water partition coefficient (Wildman–Crippen LogP) is 0.872. The third kappa shape index (κ3) is 3.38. The molecule has 2 N–H and O–H groups in total. The van der Waals surface area contributed by atoms with Crippen LogP contribution >= 0.6 is 0 Å². The zero-order chi connectivity index (χ0) is 18.0. The van der Waals surface area contributed by atoms with Crippen LogP contribution in [0.4, 0.5) is 4.79 Å². The van der Waals surface area contributed by atoms with Crippen molar-refractivity contribution in [2.75, 3.05) is 20.2 Å². The second kappa shape index (κ2) is 6.62. The van der Waals surface area contributed by atoms with Gasteiger partial charge in [0.2, 0.25) is 0 Å². The van der Waals surface area contributed by atoms with Crippen molar-refractivity contribution in [3.8, 4) is 5.75 Å². The molecule has 1 unspecified atom stereocenters. The van der Waals surface area contributed by atoms with Gasteiger partial charge < -0.3 is 25.0 Å². The predicted molar refractivity (Wildman–Crippen MR) is 88.1 cm³/mol. The molecule has 3 amide bonds. The standard InChI is InChI=1S/C17H21N3O5/c1-11(15(22)24-2)18-16(23)20-9-7-17(8-10-20)19-14(21)12-5-3-4-6-13(12)25-17/h3-6,11H,7-10H2,1-2H3,(H,18,23)(H,19,21). The Morgan fingerprint density at radius 1 is 1.32 bits per heavy atom. The van der Waals surface area contributed by atoms with E-state index in [0.29, 0.717) is 37.2 Å². The molecule has 8 nitrogen and oxygen atoms in total. The van der Waals surface area contributed by atoms with Crippen molar-refractivity contribution in [1.29, 1.82) is 0 Å². The van der Waals surface area contributed by atoms with E-state index < -0.39 is 17.7 Å². The lowest BCUT2D eigenvalue weighted by Crippen LogP contribution is -2.62. The van der Waals surface area contributed by atoms with Crippen LogP contribution in [0.15, 0.2) is 24.3 Å². The van der Waals surface area contributed by atoms with Crippen LogP contribution in [0.25, 0.3) is 0 Å². The monoisotopic (exact) mass is 347 g/mol. The number of para-hydroxylation sites is 1. The maximum atomic E-state index is 12.3. The van der Waals surface area contributed by atoms with E-state index in [0.717, 1.165) is 0 Å². The van der Waals surface area contributed by atoms with E-state index in [9.17, 15) is 14.4 Å². The van der Waals surface area contributed by atoms with Crippen molar-refractivity contribution in [2.24, 2.45) is 0 Å². The Morgan fingerprint density at radius 2 is 2.00 bits per heavy atom. The number of carbonyl (C=O) groups is 3. The Bertz CT molecular complexity index is 697. The zero-order valence-corrected chi connectivity index (χ0v) is 14.2. The molecule has 1 saturated heterocycles. The number of nitrogens with zero attached hydrogens (tertiary/aromatic N) is 1. The molecule has 2 aliphatic heterocycles.